The molecule has 1 aromatic heterocycles. The van der Waals surface area contributed by atoms with Gasteiger partial charge in [-0.05, 0) is 56.5 Å². The first-order valence-electron chi connectivity index (χ1n) is 12.5. The van der Waals surface area contributed by atoms with Crippen molar-refractivity contribution in [3.8, 4) is 16.9 Å². The van der Waals surface area contributed by atoms with Crippen molar-refractivity contribution < 1.29 is 9.72 Å². The van der Waals surface area contributed by atoms with Crippen molar-refractivity contribution in [1.29, 1.82) is 0 Å². The molecule has 0 atom stereocenters. The van der Waals surface area contributed by atoms with E-state index in [2.05, 4.69) is 16.7 Å². The number of amides is 1. The number of nitro groups is 1. The van der Waals surface area contributed by atoms with Crippen molar-refractivity contribution in [2.24, 2.45) is 0 Å². The molecular formula is C27H31N5O3. The average Bonchev–Trinajstić information content (AvgIpc) is 3.63. The molecule has 1 saturated heterocycles. The first-order valence-corrected chi connectivity index (χ1v) is 12.5. The standard InChI is InChI=1S/C27H31N5O3/c1-2-29-16-14-24(15-17-29)31(23-12-13-23)26(33)18-21-19-30(22-6-4-3-5-7-22)28-27(21)20-8-10-25(11-9-20)32(34)35/h3-11,19,23-24H,2,12-18H2,1H3. The molecule has 8 heteroatoms. The summed E-state index contributed by atoms with van der Waals surface area (Å²) >= 11 is 0. The molecule has 2 aliphatic rings. The number of likely N-dealkylation sites (tertiary alicyclic amines) is 1. The summed E-state index contributed by atoms with van der Waals surface area (Å²) in [4.78, 5) is 29.0. The van der Waals surface area contributed by atoms with Gasteiger partial charge in [0, 0.05) is 54.6 Å². The molecule has 2 aromatic carbocycles. The van der Waals surface area contributed by atoms with E-state index in [-0.39, 0.29) is 18.0 Å². The number of carbonyl (C=O) groups excluding carboxylic acids is 1. The number of nitrogens with zero attached hydrogens (tertiary/aromatic N) is 5. The zero-order valence-electron chi connectivity index (χ0n) is 20.0. The molecule has 35 heavy (non-hydrogen) atoms. The third kappa shape index (κ3) is 5.12. The Morgan fingerprint density at radius 3 is 2.29 bits per heavy atom. The maximum absolute atomic E-state index is 13.7. The Labute approximate surface area is 205 Å². The van der Waals surface area contributed by atoms with E-state index in [4.69, 9.17) is 5.10 Å². The number of benzene rings is 2. The van der Waals surface area contributed by atoms with Gasteiger partial charge in [-0.25, -0.2) is 4.68 Å². The minimum atomic E-state index is -0.409. The number of non-ortho nitro benzene ring substituents is 1. The van der Waals surface area contributed by atoms with Crippen molar-refractivity contribution in [3.63, 3.8) is 0 Å². The second-order valence-corrected chi connectivity index (χ2v) is 9.46. The van der Waals surface area contributed by atoms with Crippen molar-refractivity contribution in [1.82, 2.24) is 19.6 Å². The van der Waals surface area contributed by atoms with Crippen molar-refractivity contribution in [3.05, 3.63) is 76.5 Å². The lowest BCUT2D eigenvalue weighted by molar-refractivity contribution is -0.384. The van der Waals surface area contributed by atoms with Gasteiger partial charge in [-0.2, -0.15) is 5.10 Å². The van der Waals surface area contributed by atoms with E-state index in [0.717, 1.165) is 62.1 Å². The Balaban J connectivity index is 1.44. The van der Waals surface area contributed by atoms with E-state index in [1.807, 2.05) is 36.5 Å². The number of para-hydroxylation sites is 1. The third-order valence-electron chi connectivity index (χ3n) is 7.13. The van der Waals surface area contributed by atoms with Crippen LogP contribution in [0.2, 0.25) is 0 Å². The Bertz CT molecular complexity index is 1180. The van der Waals surface area contributed by atoms with Crippen LogP contribution in [0.25, 0.3) is 16.9 Å². The molecule has 1 saturated carbocycles. The van der Waals surface area contributed by atoms with Crippen LogP contribution in [-0.2, 0) is 11.2 Å². The maximum atomic E-state index is 13.7. The highest BCUT2D eigenvalue weighted by Gasteiger charge is 2.38. The largest absolute Gasteiger partial charge is 0.336 e. The molecule has 0 unspecified atom stereocenters. The average molecular weight is 474 g/mol. The van der Waals surface area contributed by atoms with Crippen LogP contribution in [-0.4, -0.2) is 62.1 Å². The molecular weight excluding hydrogens is 442 g/mol. The molecule has 8 nitrogen and oxygen atoms in total. The van der Waals surface area contributed by atoms with Crippen molar-refractivity contribution in [2.75, 3.05) is 19.6 Å². The van der Waals surface area contributed by atoms with Crippen molar-refractivity contribution >= 4 is 11.6 Å². The van der Waals surface area contributed by atoms with Crippen LogP contribution in [0.3, 0.4) is 0 Å². The lowest BCUT2D eigenvalue weighted by Gasteiger charge is -2.38. The lowest BCUT2D eigenvalue weighted by atomic mass is 10.0. The molecule has 3 aromatic rings. The summed E-state index contributed by atoms with van der Waals surface area (Å²) in [6, 6.07) is 16.8. The molecule has 1 amide bonds. The Kier molecular flexibility index (Phi) is 6.63. The Morgan fingerprint density at radius 1 is 1.03 bits per heavy atom. The Morgan fingerprint density at radius 2 is 1.69 bits per heavy atom. The van der Waals surface area contributed by atoms with Crippen LogP contribution in [0.5, 0.6) is 0 Å². The van der Waals surface area contributed by atoms with Gasteiger partial charge in [0.25, 0.3) is 5.69 Å². The molecule has 0 radical (unpaired) electrons. The number of aromatic nitrogens is 2. The summed E-state index contributed by atoms with van der Waals surface area (Å²) < 4.78 is 1.79. The second-order valence-electron chi connectivity index (χ2n) is 9.46. The summed E-state index contributed by atoms with van der Waals surface area (Å²) in [5.74, 6) is 0.151. The van der Waals surface area contributed by atoms with E-state index < -0.39 is 4.92 Å². The molecule has 0 bridgehead atoms. The van der Waals surface area contributed by atoms with Crippen LogP contribution in [0.4, 0.5) is 5.69 Å². The predicted molar refractivity (Wildman–Crippen MR) is 134 cm³/mol. The van der Waals surface area contributed by atoms with Crippen LogP contribution in [0.15, 0.2) is 60.8 Å². The minimum Gasteiger partial charge on any atom is -0.336 e. The zero-order chi connectivity index (χ0) is 24.4. The fourth-order valence-corrected chi connectivity index (χ4v) is 5.06. The molecule has 0 spiro atoms. The van der Waals surface area contributed by atoms with Crippen LogP contribution < -0.4 is 0 Å². The summed E-state index contributed by atoms with van der Waals surface area (Å²) in [6.45, 7) is 5.32. The summed E-state index contributed by atoms with van der Waals surface area (Å²) in [6.07, 6.45) is 6.40. The predicted octanol–water partition coefficient (Wildman–Crippen LogP) is 4.47. The first kappa shape index (κ1) is 23.2. The second kappa shape index (κ2) is 10.00. The smallest absolute Gasteiger partial charge is 0.269 e. The van der Waals surface area contributed by atoms with Gasteiger partial charge in [-0.1, -0.05) is 25.1 Å². The van der Waals surface area contributed by atoms with E-state index in [9.17, 15) is 14.9 Å². The van der Waals surface area contributed by atoms with E-state index in [1.54, 1.807) is 16.8 Å². The number of hydrogen-bond acceptors (Lipinski definition) is 5. The summed E-state index contributed by atoms with van der Waals surface area (Å²) in [5.41, 5.74) is 3.23. The highest BCUT2D eigenvalue weighted by Crippen LogP contribution is 2.34. The van der Waals surface area contributed by atoms with Gasteiger partial charge < -0.3 is 9.80 Å². The highest BCUT2D eigenvalue weighted by molar-refractivity contribution is 5.82. The Hall–Kier alpha value is -3.52. The summed E-state index contributed by atoms with van der Waals surface area (Å²) in [5, 5.41) is 15.9. The molecule has 2 fully saturated rings. The summed E-state index contributed by atoms with van der Waals surface area (Å²) in [7, 11) is 0. The van der Waals surface area contributed by atoms with E-state index in [0.29, 0.717) is 17.8 Å². The monoisotopic (exact) mass is 473 g/mol. The number of carbonyl (C=O) groups is 1. The van der Waals surface area contributed by atoms with Gasteiger partial charge in [0.15, 0.2) is 0 Å². The molecule has 1 aliphatic heterocycles. The van der Waals surface area contributed by atoms with Gasteiger partial charge in [-0.15, -0.1) is 0 Å². The van der Waals surface area contributed by atoms with Gasteiger partial charge in [0.2, 0.25) is 5.91 Å². The highest BCUT2D eigenvalue weighted by atomic mass is 16.6. The topological polar surface area (TPSA) is 84.5 Å². The van der Waals surface area contributed by atoms with E-state index in [1.165, 1.54) is 12.1 Å². The lowest BCUT2D eigenvalue weighted by Crippen LogP contribution is -2.48. The SMILES string of the molecule is CCN1CCC(N(C(=O)Cc2cn(-c3ccccc3)nc2-c2ccc([N+](=O)[O-])cc2)C2CC2)CC1. The van der Waals surface area contributed by atoms with Crippen molar-refractivity contribution in [2.45, 2.75) is 51.1 Å². The maximum Gasteiger partial charge on any atom is 0.269 e. The third-order valence-corrected chi connectivity index (χ3v) is 7.13. The fourth-order valence-electron chi connectivity index (χ4n) is 5.06. The molecule has 5 rings (SSSR count). The van der Waals surface area contributed by atoms with Crippen LogP contribution >= 0.6 is 0 Å². The van der Waals surface area contributed by atoms with Crippen LogP contribution in [0.1, 0.15) is 38.2 Å². The van der Waals surface area contributed by atoms with Gasteiger partial charge in [0.05, 0.1) is 22.7 Å². The number of piperidine rings is 1. The normalized spacial score (nSPS) is 16.8. The number of rotatable bonds is 8. The molecule has 0 N–H and O–H groups in total. The number of hydrogen-bond donors (Lipinski definition) is 0. The minimum absolute atomic E-state index is 0.0344. The van der Waals surface area contributed by atoms with Crippen LogP contribution in [0, 0.1) is 10.1 Å². The van der Waals surface area contributed by atoms with Gasteiger partial charge >= 0.3 is 0 Å². The fraction of sp³-hybridized carbons (Fsp3) is 0.407. The van der Waals surface area contributed by atoms with E-state index >= 15 is 0 Å². The number of nitro benzene ring substituents is 1. The van der Waals surface area contributed by atoms with Gasteiger partial charge in [-0.3, -0.25) is 14.9 Å². The molecule has 1 aliphatic carbocycles. The molecule has 2 heterocycles. The quantitative estimate of drug-likeness (QED) is 0.356. The molecule has 182 valence electrons. The zero-order valence-corrected chi connectivity index (χ0v) is 20.0. The van der Waals surface area contributed by atoms with Gasteiger partial charge in [0.1, 0.15) is 0 Å². The first-order chi connectivity index (χ1) is 17.0.